The molecular formula is C15H18BrN3. The number of nitrogens with zero attached hydrogens (tertiary/aromatic N) is 3. The van der Waals surface area contributed by atoms with Gasteiger partial charge in [-0.1, -0.05) is 49.4 Å². The van der Waals surface area contributed by atoms with Crippen molar-refractivity contribution in [3.8, 4) is 0 Å². The summed E-state index contributed by atoms with van der Waals surface area (Å²) in [5.41, 5.74) is 10.6. The first-order valence-corrected chi connectivity index (χ1v) is 6.20. The lowest BCUT2D eigenvalue weighted by Crippen LogP contribution is -2.33. The van der Waals surface area contributed by atoms with Crippen LogP contribution < -0.4 is 0 Å². The molecule has 1 aromatic rings. The van der Waals surface area contributed by atoms with Gasteiger partial charge in [-0.3, -0.25) is 4.90 Å². The molecule has 0 amide bonds. The van der Waals surface area contributed by atoms with E-state index in [2.05, 4.69) is 53.0 Å². The minimum Gasteiger partial charge on any atom is -0.361 e. The molecule has 4 heteroatoms. The minimum absolute atomic E-state index is 0. The standard InChI is InChI=1S/C15H17N3.BrH/c1-2-18(12-13-6-4-3-5-7-13)15-10-8-14(17-16)9-11-15;/h3-11,15H,2,12H2,1H3;1H. The molecule has 2 rings (SSSR count). The SMILES string of the molecule is Br.CCN(Cc1ccccc1)C1C=CC(=[N+]=[N-])C=C1. The van der Waals surface area contributed by atoms with E-state index in [1.54, 1.807) is 0 Å². The molecule has 3 nitrogen and oxygen atoms in total. The van der Waals surface area contributed by atoms with Crippen molar-refractivity contribution in [2.24, 2.45) is 0 Å². The maximum atomic E-state index is 8.68. The summed E-state index contributed by atoms with van der Waals surface area (Å²) in [6, 6.07) is 10.7. The fraction of sp³-hybridized carbons (Fsp3) is 0.267. The van der Waals surface area contributed by atoms with Crippen LogP contribution in [0.25, 0.3) is 5.53 Å². The summed E-state index contributed by atoms with van der Waals surface area (Å²) < 4.78 is 0. The van der Waals surface area contributed by atoms with Gasteiger partial charge in [0.2, 0.25) is 0 Å². The second-order valence-electron chi connectivity index (χ2n) is 4.28. The molecule has 1 aliphatic rings. The van der Waals surface area contributed by atoms with Crippen LogP contribution >= 0.6 is 17.0 Å². The first-order valence-electron chi connectivity index (χ1n) is 6.20. The molecule has 0 aliphatic heterocycles. The van der Waals surface area contributed by atoms with Crippen LogP contribution in [0.5, 0.6) is 0 Å². The highest BCUT2D eigenvalue weighted by molar-refractivity contribution is 8.93. The topological polar surface area (TPSA) is 39.6 Å². The quantitative estimate of drug-likeness (QED) is 0.620. The first kappa shape index (κ1) is 15.6. The van der Waals surface area contributed by atoms with Crippen molar-refractivity contribution >= 4 is 22.7 Å². The van der Waals surface area contributed by atoms with Gasteiger partial charge in [0.05, 0.1) is 0 Å². The van der Waals surface area contributed by atoms with Crippen molar-refractivity contribution in [2.45, 2.75) is 19.5 Å². The second-order valence-corrected chi connectivity index (χ2v) is 4.28. The van der Waals surface area contributed by atoms with E-state index >= 15 is 0 Å². The highest BCUT2D eigenvalue weighted by Crippen LogP contribution is 2.12. The number of halogens is 1. The molecular weight excluding hydrogens is 302 g/mol. The van der Waals surface area contributed by atoms with Crippen LogP contribution in [-0.2, 0) is 6.54 Å². The van der Waals surface area contributed by atoms with Crippen LogP contribution in [0.1, 0.15) is 12.5 Å². The summed E-state index contributed by atoms with van der Waals surface area (Å²) in [5, 5.41) is 0. The van der Waals surface area contributed by atoms with E-state index in [-0.39, 0.29) is 23.0 Å². The Bertz CT molecular complexity index is 485. The van der Waals surface area contributed by atoms with E-state index in [0.717, 1.165) is 13.1 Å². The third-order valence-electron chi connectivity index (χ3n) is 3.10. The molecule has 1 aliphatic carbocycles. The lowest BCUT2D eigenvalue weighted by atomic mass is 10.1. The maximum absolute atomic E-state index is 8.68. The van der Waals surface area contributed by atoms with Gasteiger partial charge in [0.25, 0.3) is 0 Å². The van der Waals surface area contributed by atoms with Crippen molar-refractivity contribution in [2.75, 3.05) is 6.54 Å². The van der Waals surface area contributed by atoms with Crippen LogP contribution in [0.3, 0.4) is 0 Å². The largest absolute Gasteiger partial charge is 0.361 e. The lowest BCUT2D eigenvalue weighted by molar-refractivity contribution is -0.00174. The highest BCUT2D eigenvalue weighted by Gasteiger charge is 2.16. The predicted octanol–water partition coefficient (Wildman–Crippen LogP) is 3.25. The zero-order valence-electron chi connectivity index (χ0n) is 10.9. The van der Waals surface area contributed by atoms with Crippen LogP contribution in [0.2, 0.25) is 0 Å². The van der Waals surface area contributed by atoms with Crippen LogP contribution in [0.15, 0.2) is 54.6 Å². The summed E-state index contributed by atoms with van der Waals surface area (Å²) >= 11 is 0. The molecule has 0 spiro atoms. The maximum Gasteiger partial charge on any atom is 0.314 e. The van der Waals surface area contributed by atoms with Gasteiger partial charge in [0.15, 0.2) is 0 Å². The smallest absolute Gasteiger partial charge is 0.314 e. The number of benzene rings is 1. The Hall–Kier alpha value is -1.48. The Balaban J connectivity index is 0.00000180. The minimum atomic E-state index is 0. The Kier molecular flexibility index (Phi) is 6.43. The van der Waals surface area contributed by atoms with Gasteiger partial charge in [0.1, 0.15) is 0 Å². The van der Waals surface area contributed by atoms with Crippen molar-refractivity contribution in [3.63, 3.8) is 0 Å². The molecule has 0 atom stereocenters. The van der Waals surface area contributed by atoms with E-state index in [0.29, 0.717) is 5.71 Å². The lowest BCUT2D eigenvalue weighted by Gasteiger charge is -2.27. The van der Waals surface area contributed by atoms with E-state index in [1.807, 2.05) is 18.2 Å². The average molecular weight is 320 g/mol. The molecule has 0 fully saturated rings. The van der Waals surface area contributed by atoms with E-state index in [1.165, 1.54) is 5.56 Å². The van der Waals surface area contributed by atoms with Crippen LogP contribution in [-0.4, -0.2) is 28.0 Å². The van der Waals surface area contributed by atoms with Crippen molar-refractivity contribution < 1.29 is 4.79 Å². The zero-order chi connectivity index (χ0) is 12.8. The van der Waals surface area contributed by atoms with E-state index in [4.69, 9.17) is 5.53 Å². The van der Waals surface area contributed by atoms with Gasteiger partial charge in [-0.2, -0.15) is 4.79 Å². The summed E-state index contributed by atoms with van der Waals surface area (Å²) in [7, 11) is 0. The number of rotatable bonds is 4. The molecule has 0 saturated heterocycles. The third kappa shape index (κ3) is 4.28. The molecule has 0 N–H and O–H groups in total. The fourth-order valence-electron chi connectivity index (χ4n) is 2.07. The molecule has 0 bridgehead atoms. The van der Waals surface area contributed by atoms with Crippen molar-refractivity contribution in [1.82, 2.24) is 4.90 Å². The van der Waals surface area contributed by atoms with Gasteiger partial charge in [-0.25, -0.2) is 0 Å². The fourth-order valence-corrected chi connectivity index (χ4v) is 2.07. The molecule has 0 unspecified atom stereocenters. The Labute approximate surface area is 124 Å². The second kappa shape index (κ2) is 7.85. The molecule has 100 valence electrons. The number of allylic oxidation sites excluding steroid dienone is 2. The number of hydrogen-bond acceptors (Lipinski definition) is 1. The first-order chi connectivity index (χ1) is 8.83. The molecule has 0 radical (unpaired) electrons. The monoisotopic (exact) mass is 319 g/mol. The van der Waals surface area contributed by atoms with Crippen LogP contribution in [0.4, 0.5) is 0 Å². The van der Waals surface area contributed by atoms with Crippen molar-refractivity contribution in [3.05, 3.63) is 65.7 Å². The summed E-state index contributed by atoms with van der Waals surface area (Å²) in [5.74, 6) is 0. The summed E-state index contributed by atoms with van der Waals surface area (Å²) in [6.45, 7) is 4.04. The predicted molar refractivity (Wildman–Crippen MR) is 83.5 cm³/mol. The Morgan fingerprint density at radius 1 is 1.16 bits per heavy atom. The van der Waals surface area contributed by atoms with Gasteiger partial charge < -0.3 is 5.53 Å². The van der Waals surface area contributed by atoms with Gasteiger partial charge in [-0.15, -0.1) is 17.0 Å². The summed E-state index contributed by atoms with van der Waals surface area (Å²) in [6.07, 6.45) is 7.81. The molecule has 0 aromatic heterocycles. The Morgan fingerprint density at radius 3 is 2.32 bits per heavy atom. The molecule has 0 saturated carbocycles. The van der Waals surface area contributed by atoms with E-state index in [9.17, 15) is 0 Å². The van der Waals surface area contributed by atoms with E-state index < -0.39 is 0 Å². The van der Waals surface area contributed by atoms with Gasteiger partial charge in [0, 0.05) is 24.7 Å². The van der Waals surface area contributed by atoms with Crippen molar-refractivity contribution in [1.29, 1.82) is 0 Å². The zero-order valence-corrected chi connectivity index (χ0v) is 12.7. The van der Waals surface area contributed by atoms with Gasteiger partial charge in [-0.05, 0) is 12.1 Å². The molecule has 19 heavy (non-hydrogen) atoms. The third-order valence-corrected chi connectivity index (χ3v) is 3.10. The summed E-state index contributed by atoms with van der Waals surface area (Å²) in [4.78, 5) is 5.53. The molecule has 1 aromatic carbocycles. The number of hydrogen-bond donors (Lipinski definition) is 0. The highest BCUT2D eigenvalue weighted by atomic mass is 79.9. The number of likely N-dealkylation sites (N-methyl/N-ethyl adjacent to an activating group) is 1. The van der Waals surface area contributed by atoms with Crippen LogP contribution in [0, 0.1) is 0 Å². The average Bonchev–Trinajstić information content (AvgIpc) is 2.46. The molecule has 0 heterocycles. The normalized spacial score (nSPS) is 17.2. The van der Waals surface area contributed by atoms with Gasteiger partial charge >= 0.3 is 5.71 Å². The Morgan fingerprint density at radius 2 is 1.79 bits per heavy atom.